The van der Waals surface area contributed by atoms with Gasteiger partial charge in [-0.05, 0) is 26.0 Å². The van der Waals surface area contributed by atoms with Gasteiger partial charge in [0.15, 0.2) is 29.1 Å². The molecule has 3 aliphatic rings. The number of benzene rings is 1. The Bertz CT molecular complexity index is 1440. The summed E-state index contributed by atoms with van der Waals surface area (Å²) in [6, 6.07) is 7.14. The topological polar surface area (TPSA) is 193 Å². The van der Waals surface area contributed by atoms with E-state index < -0.39 is 71.5 Å². The molecule has 226 valence electrons. The van der Waals surface area contributed by atoms with Gasteiger partial charge in [0.2, 0.25) is 11.4 Å². The minimum atomic E-state index is -2.18. The zero-order chi connectivity index (χ0) is 30.6. The largest absolute Gasteiger partial charge is 0.394 e. The van der Waals surface area contributed by atoms with Gasteiger partial charge in [0.1, 0.15) is 24.1 Å². The number of fused-ring (bicyclic) bond motifs is 2. The average Bonchev–Trinajstić information content (AvgIpc) is 3.61. The van der Waals surface area contributed by atoms with Crippen molar-refractivity contribution in [3.8, 4) is 0 Å². The summed E-state index contributed by atoms with van der Waals surface area (Å²) >= 11 is 8.26. The number of ether oxygens (including phenoxy) is 1. The Morgan fingerprint density at radius 1 is 1.19 bits per heavy atom. The van der Waals surface area contributed by atoms with Crippen LogP contribution in [0.4, 0.5) is 0 Å². The van der Waals surface area contributed by atoms with Crippen molar-refractivity contribution >= 4 is 64.0 Å². The Morgan fingerprint density at radius 3 is 2.50 bits per heavy atom. The number of hydrogen-bond acceptors (Lipinski definition) is 12. The molecular weight excluding hydrogens is 590 g/mol. The average molecular weight is 622 g/mol. The predicted molar refractivity (Wildman–Crippen MR) is 154 cm³/mol. The lowest BCUT2D eigenvalue weighted by Gasteiger charge is -2.54. The van der Waals surface area contributed by atoms with E-state index in [1.54, 1.807) is 6.92 Å². The van der Waals surface area contributed by atoms with Gasteiger partial charge in [0.25, 0.3) is 5.12 Å². The van der Waals surface area contributed by atoms with Gasteiger partial charge in [-0.25, -0.2) is 9.98 Å². The molecule has 4 heterocycles. The molecule has 1 aromatic carbocycles. The highest BCUT2D eigenvalue weighted by molar-refractivity contribution is 7.99. The number of aliphatic imine (C=N–C) groups is 2. The second-order valence-corrected chi connectivity index (χ2v) is 12.1. The number of imidazole rings is 1. The van der Waals surface area contributed by atoms with Crippen LogP contribution in [-0.2, 0) is 19.1 Å². The number of Topliss-reactive ketones (excluding diaryl/α,β-unsaturated/α-hetero) is 2. The number of ketones is 2. The van der Waals surface area contributed by atoms with Crippen molar-refractivity contribution in [2.45, 2.75) is 80.3 Å². The normalized spacial score (nSPS) is 34.1. The minimum Gasteiger partial charge on any atom is -0.394 e. The number of rotatable bonds is 8. The van der Waals surface area contributed by atoms with Gasteiger partial charge in [-0.3, -0.25) is 24.3 Å². The number of thioether (sulfide) groups is 1. The second kappa shape index (κ2) is 11.2. The van der Waals surface area contributed by atoms with Gasteiger partial charge >= 0.3 is 0 Å². The number of carbonyl (C=O) groups is 3. The highest BCUT2D eigenvalue weighted by Gasteiger charge is 2.68. The highest BCUT2D eigenvalue weighted by Crippen LogP contribution is 2.43. The summed E-state index contributed by atoms with van der Waals surface area (Å²) in [5.41, 5.74) is -0.188. The maximum atomic E-state index is 13.5. The molecule has 2 fully saturated rings. The number of aliphatic hydroxyl groups excluding tert-OH is 3. The Labute approximate surface area is 250 Å². The van der Waals surface area contributed by atoms with Crippen molar-refractivity contribution in [2.75, 3.05) is 12.4 Å². The molecule has 42 heavy (non-hydrogen) atoms. The number of aromatic amines is 1. The molecule has 5 rings (SSSR count). The van der Waals surface area contributed by atoms with E-state index >= 15 is 0 Å². The lowest BCUT2D eigenvalue weighted by molar-refractivity contribution is -0.162. The summed E-state index contributed by atoms with van der Waals surface area (Å²) in [5.74, 6) is -1.52. The number of alkyl halides is 1. The summed E-state index contributed by atoms with van der Waals surface area (Å²) in [6.07, 6.45) is -5.71. The molecule has 0 spiro atoms. The Hall–Kier alpha value is -3.08. The molecular formula is C26H32ClN7O7S. The van der Waals surface area contributed by atoms with Crippen LogP contribution in [0.15, 0.2) is 39.4 Å². The summed E-state index contributed by atoms with van der Waals surface area (Å²) in [7, 11) is 0. The van der Waals surface area contributed by atoms with E-state index in [-0.39, 0.29) is 5.84 Å². The first-order valence-corrected chi connectivity index (χ1v) is 14.6. The first-order chi connectivity index (χ1) is 19.8. The molecule has 1 aromatic heterocycles. The molecule has 1 amide bonds. The van der Waals surface area contributed by atoms with Crippen molar-refractivity contribution in [1.82, 2.24) is 25.1 Å². The van der Waals surface area contributed by atoms with Crippen LogP contribution < -0.4 is 5.32 Å². The third kappa shape index (κ3) is 4.77. The third-order valence-corrected chi connectivity index (χ3v) is 9.26. The van der Waals surface area contributed by atoms with E-state index in [0.717, 1.165) is 15.9 Å². The number of hydrogen-bond donors (Lipinski definition) is 5. The zero-order valence-corrected chi connectivity index (χ0v) is 24.8. The maximum absolute atomic E-state index is 13.5. The summed E-state index contributed by atoms with van der Waals surface area (Å²) in [6.45, 7) is 4.83. The van der Waals surface area contributed by atoms with E-state index in [2.05, 4.69) is 20.3 Å². The van der Waals surface area contributed by atoms with E-state index in [4.69, 9.17) is 21.3 Å². The van der Waals surface area contributed by atoms with E-state index in [1.807, 2.05) is 24.3 Å². The molecule has 0 bridgehead atoms. The van der Waals surface area contributed by atoms with Crippen molar-refractivity contribution < 1.29 is 34.4 Å². The van der Waals surface area contributed by atoms with Crippen molar-refractivity contribution in [2.24, 2.45) is 9.98 Å². The zero-order valence-electron chi connectivity index (χ0n) is 23.3. The smallest absolute Gasteiger partial charge is 0.253 e. The third-order valence-electron chi connectivity index (χ3n) is 7.60. The number of para-hydroxylation sites is 2. The van der Waals surface area contributed by atoms with Crippen LogP contribution in [0.25, 0.3) is 11.0 Å². The molecule has 14 nitrogen and oxygen atoms in total. The van der Waals surface area contributed by atoms with Crippen LogP contribution in [0, 0.1) is 0 Å². The van der Waals surface area contributed by atoms with E-state index in [1.165, 1.54) is 43.8 Å². The van der Waals surface area contributed by atoms with Gasteiger partial charge in [0.05, 0.1) is 30.0 Å². The number of amides is 1. The molecule has 0 radical (unpaired) electrons. The van der Waals surface area contributed by atoms with Crippen LogP contribution >= 0.6 is 23.4 Å². The molecule has 2 saturated heterocycles. The number of carbonyl (C=O) groups excluding carboxylic acids is 3. The fourth-order valence-electron chi connectivity index (χ4n) is 5.49. The SMILES string of the molecule is CC(=O)N1C2N([C@@H]3O[C@H](CO)C(O)C3O)C=NC2(C(C)=O)C(=N[C@H](C)CSc2nc3ccccc3[nH]2)NC1(Cl)C(C)=O. The Balaban J connectivity index is 1.54. The van der Waals surface area contributed by atoms with E-state index in [9.17, 15) is 29.7 Å². The number of nitrogens with one attached hydrogen (secondary N) is 2. The quantitative estimate of drug-likeness (QED) is 0.149. The lowest BCUT2D eigenvalue weighted by Crippen LogP contribution is -2.81. The number of nitrogens with zero attached hydrogens (tertiary/aromatic N) is 5. The standard InChI is InChI=1S/C26H32ClN7O7S/c1-12(10-42-24-30-16-7-5-6-8-17(16)31-24)29-22-25(13(2)36)23(34(15(4)38)26(27,32-22)14(3)37)33(11-28-25)21-20(40)19(39)18(9-35)41-21/h5-8,11-12,18-21,23,35,39-40H,9-10H2,1-4H3,(H,29,32)(H,30,31)/t12-,18-,19?,20?,21-,23?,25?,26?/m1/s1. The summed E-state index contributed by atoms with van der Waals surface area (Å²) in [4.78, 5) is 58.9. The summed E-state index contributed by atoms with van der Waals surface area (Å²) in [5, 5.41) is 32.2. The number of halogens is 1. The Morgan fingerprint density at radius 2 is 1.90 bits per heavy atom. The summed E-state index contributed by atoms with van der Waals surface area (Å²) < 4.78 is 5.71. The van der Waals surface area contributed by atoms with Crippen molar-refractivity contribution in [1.29, 1.82) is 0 Å². The molecule has 0 saturated carbocycles. The predicted octanol–water partition coefficient (Wildman–Crippen LogP) is -0.188. The van der Waals surface area contributed by atoms with Crippen molar-refractivity contribution in [3.05, 3.63) is 24.3 Å². The van der Waals surface area contributed by atoms with Crippen LogP contribution in [-0.4, -0.2) is 125 Å². The highest BCUT2D eigenvalue weighted by atomic mass is 35.5. The molecule has 5 unspecified atom stereocenters. The fraction of sp³-hybridized carbons (Fsp3) is 0.538. The monoisotopic (exact) mass is 621 g/mol. The molecule has 2 aromatic rings. The van der Waals surface area contributed by atoms with Crippen molar-refractivity contribution in [3.63, 3.8) is 0 Å². The molecule has 8 atom stereocenters. The van der Waals surface area contributed by atoms with Crippen LogP contribution in [0.2, 0.25) is 0 Å². The van der Waals surface area contributed by atoms with Crippen LogP contribution in [0.3, 0.4) is 0 Å². The fourth-order valence-corrected chi connectivity index (χ4v) is 6.61. The first-order valence-electron chi connectivity index (χ1n) is 13.2. The van der Waals surface area contributed by atoms with Gasteiger partial charge < -0.3 is 35.3 Å². The van der Waals surface area contributed by atoms with Gasteiger partial charge in [-0.2, -0.15) is 0 Å². The first kappa shape index (κ1) is 30.4. The van der Waals surface area contributed by atoms with Crippen LogP contribution in [0.5, 0.6) is 0 Å². The Kier molecular flexibility index (Phi) is 8.10. The number of H-pyrrole nitrogens is 1. The van der Waals surface area contributed by atoms with Gasteiger partial charge in [-0.1, -0.05) is 35.5 Å². The molecule has 5 N–H and O–H groups in total. The number of aliphatic hydroxyl groups is 3. The van der Waals surface area contributed by atoms with E-state index in [0.29, 0.717) is 10.9 Å². The molecule has 3 aliphatic heterocycles. The maximum Gasteiger partial charge on any atom is 0.253 e. The van der Waals surface area contributed by atoms with Gasteiger partial charge in [0, 0.05) is 19.6 Å². The molecule has 0 aliphatic carbocycles. The van der Waals surface area contributed by atoms with Crippen LogP contribution in [0.1, 0.15) is 27.7 Å². The molecule has 16 heteroatoms. The second-order valence-electron chi connectivity index (χ2n) is 10.5. The minimum absolute atomic E-state index is 0.0501. The lowest BCUT2D eigenvalue weighted by atomic mass is 9.85. The number of amidine groups is 1. The van der Waals surface area contributed by atoms with Gasteiger partial charge in [-0.15, -0.1) is 0 Å². The number of aromatic nitrogens is 2.